The molecule has 0 fully saturated rings. The highest BCUT2D eigenvalue weighted by molar-refractivity contribution is 9.10. The van der Waals surface area contributed by atoms with E-state index in [1.165, 1.54) is 11.1 Å². The van der Waals surface area contributed by atoms with Gasteiger partial charge in [0.05, 0.1) is 0 Å². The zero-order valence-corrected chi connectivity index (χ0v) is 15.0. The van der Waals surface area contributed by atoms with Crippen LogP contribution in [0.5, 0.6) is 0 Å². The molecule has 2 aromatic rings. The van der Waals surface area contributed by atoms with Crippen LogP contribution < -0.4 is 0 Å². The molecule has 0 heterocycles. The van der Waals surface area contributed by atoms with Gasteiger partial charge in [0.15, 0.2) is 0 Å². The summed E-state index contributed by atoms with van der Waals surface area (Å²) in [5.41, 5.74) is 4.59. The molecular formula is C18H18Br2. The van der Waals surface area contributed by atoms with Crippen molar-refractivity contribution in [2.75, 3.05) is 0 Å². The molecule has 0 saturated heterocycles. The molecular weight excluding hydrogens is 376 g/mol. The Kier molecular flexibility index (Phi) is 6.97. The van der Waals surface area contributed by atoms with Crippen LogP contribution in [0, 0.1) is 0 Å². The third-order valence-corrected chi connectivity index (χ3v) is 3.68. The van der Waals surface area contributed by atoms with E-state index in [0.29, 0.717) is 0 Å². The third kappa shape index (κ3) is 5.89. The summed E-state index contributed by atoms with van der Waals surface area (Å²) in [5, 5.41) is 0. The monoisotopic (exact) mass is 392 g/mol. The molecule has 104 valence electrons. The molecule has 0 N–H and O–H groups in total. The molecule has 20 heavy (non-hydrogen) atoms. The zero-order valence-electron chi connectivity index (χ0n) is 11.8. The Hall–Kier alpha value is -1.12. The van der Waals surface area contributed by atoms with Crippen LogP contribution in [0.1, 0.15) is 25.0 Å². The summed E-state index contributed by atoms with van der Waals surface area (Å²) < 4.78 is 2.21. The van der Waals surface area contributed by atoms with E-state index in [0.717, 1.165) is 20.1 Å². The lowest BCUT2D eigenvalue weighted by Crippen LogP contribution is -1.75. The average Bonchev–Trinajstić information content (AvgIpc) is 2.40. The minimum atomic E-state index is 1.10. The zero-order chi connectivity index (χ0) is 15.1. The van der Waals surface area contributed by atoms with Crippen molar-refractivity contribution in [2.45, 2.75) is 13.8 Å². The first-order valence-corrected chi connectivity index (χ1v) is 7.81. The van der Waals surface area contributed by atoms with Crippen molar-refractivity contribution in [3.05, 3.63) is 81.8 Å². The van der Waals surface area contributed by atoms with Gasteiger partial charge in [-0.15, -0.1) is 0 Å². The van der Waals surface area contributed by atoms with Gasteiger partial charge < -0.3 is 0 Å². The first-order valence-electron chi connectivity index (χ1n) is 6.23. The number of hydrogen-bond donors (Lipinski definition) is 0. The van der Waals surface area contributed by atoms with E-state index in [9.17, 15) is 0 Å². The average molecular weight is 394 g/mol. The van der Waals surface area contributed by atoms with Crippen molar-refractivity contribution in [3.63, 3.8) is 0 Å². The molecule has 0 unspecified atom stereocenters. The van der Waals surface area contributed by atoms with E-state index >= 15 is 0 Å². The Balaban J connectivity index is 0.000000200. The lowest BCUT2D eigenvalue weighted by atomic mass is 10.1. The summed E-state index contributed by atoms with van der Waals surface area (Å²) in [5.74, 6) is 0. The Morgan fingerprint density at radius 2 is 1.30 bits per heavy atom. The molecule has 0 aliphatic heterocycles. The van der Waals surface area contributed by atoms with E-state index in [-0.39, 0.29) is 0 Å². The Morgan fingerprint density at radius 1 is 0.750 bits per heavy atom. The van der Waals surface area contributed by atoms with Crippen LogP contribution in [0.25, 0.3) is 11.1 Å². The molecule has 0 aliphatic rings. The highest BCUT2D eigenvalue weighted by atomic mass is 79.9. The SMILES string of the molecule is C=C(C)c1ccc(Br)cc1.C=C(C)c1cccc(Br)c1. The number of allylic oxidation sites excluding steroid dienone is 2. The summed E-state index contributed by atoms with van der Waals surface area (Å²) in [7, 11) is 0. The maximum Gasteiger partial charge on any atom is 0.0181 e. The lowest BCUT2D eigenvalue weighted by Gasteiger charge is -1.97. The van der Waals surface area contributed by atoms with E-state index in [4.69, 9.17) is 0 Å². The van der Waals surface area contributed by atoms with Crippen LogP contribution in [0.15, 0.2) is 70.6 Å². The molecule has 2 aromatic carbocycles. The Morgan fingerprint density at radius 3 is 1.70 bits per heavy atom. The van der Waals surface area contributed by atoms with Gasteiger partial charge in [-0.1, -0.05) is 80.4 Å². The predicted octanol–water partition coefficient (Wildman–Crippen LogP) is 6.96. The Bertz CT molecular complexity index is 595. The second kappa shape index (κ2) is 8.23. The summed E-state index contributed by atoms with van der Waals surface area (Å²) in [6.45, 7) is 11.7. The molecule has 2 rings (SSSR count). The summed E-state index contributed by atoms with van der Waals surface area (Å²) >= 11 is 6.75. The number of rotatable bonds is 2. The van der Waals surface area contributed by atoms with Crippen LogP contribution in [0.3, 0.4) is 0 Å². The second-order valence-electron chi connectivity index (χ2n) is 4.58. The van der Waals surface area contributed by atoms with Crippen molar-refractivity contribution in [3.8, 4) is 0 Å². The third-order valence-electron chi connectivity index (χ3n) is 2.65. The van der Waals surface area contributed by atoms with Gasteiger partial charge in [-0.05, 0) is 49.2 Å². The normalized spacial score (nSPS) is 9.40. The predicted molar refractivity (Wildman–Crippen MR) is 97.7 cm³/mol. The maximum absolute atomic E-state index is 3.85. The van der Waals surface area contributed by atoms with Crippen molar-refractivity contribution in [1.82, 2.24) is 0 Å². The molecule has 0 aliphatic carbocycles. The fourth-order valence-corrected chi connectivity index (χ4v) is 2.15. The number of hydrogen-bond acceptors (Lipinski definition) is 0. The van der Waals surface area contributed by atoms with Crippen molar-refractivity contribution < 1.29 is 0 Å². The van der Waals surface area contributed by atoms with Crippen LogP contribution in [-0.2, 0) is 0 Å². The largest absolute Gasteiger partial charge is 0.0955 e. The van der Waals surface area contributed by atoms with E-state index < -0.39 is 0 Å². The Labute approximate surface area is 138 Å². The summed E-state index contributed by atoms with van der Waals surface area (Å²) in [4.78, 5) is 0. The highest BCUT2D eigenvalue weighted by Crippen LogP contribution is 2.17. The van der Waals surface area contributed by atoms with Crippen LogP contribution in [0.2, 0.25) is 0 Å². The van der Waals surface area contributed by atoms with Gasteiger partial charge in [0.2, 0.25) is 0 Å². The fourth-order valence-electron chi connectivity index (χ4n) is 1.49. The van der Waals surface area contributed by atoms with Crippen molar-refractivity contribution in [1.29, 1.82) is 0 Å². The minimum Gasteiger partial charge on any atom is -0.0955 e. The number of benzene rings is 2. The van der Waals surface area contributed by atoms with Gasteiger partial charge >= 0.3 is 0 Å². The van der Waals surface area contributed by atoms with Gasteiger partial charge in [0.25, 0.3) is 0 Å². The van der Waals surface area contributed by atoms with Crippen LogP contribution >= 0.6 is 31.9 Å². The van der Waals surface area contributed by atoms with Gasteiger partial charge in [-0.3, -0.25) is 0 Å². The van der Waals surface area contributed by atoms with Crippen LogP contribution in [-0.4, -0.2) is 0 Å². The minimum absolute atomic E-state index is 1.10. The van der Waals surface area contributed by atoms with Gasteiger partial charge in [-0.2, -0.15) is 0 Å². The first-order chi connectivity index (χ1) is 9.40. The molecule has 0 saturated carbocycles. The maximum atomic E-state index is 3.85. The highest BCUT2D eigenvalue weighted by Gasteiger charge is 1.91. The smallest absolute Gasteiger partial charge is 0.0181 e. The lowest BCUT2D eigenvalue weighted by molar-refractivity contribution is 1.55. The molecule has 0 bridgehead atoms. The molecule has 0 aromatic heterocycles. The van der Waals surface area contributed by atoms with E-state index in [1.807, 2.05) is 56.3 Å². The van der Waals surface area contributed by atoms with Gasteiger partial charge in [0.1, 0.15) is 0 Å². The molecule has 0 atom stereocenters. The fraction of sp³-hybridized carbons (Fsp3) is 0.111. The molecule has 0 amide bonds. The van der Waals surface area contributed by atoms with Gasteiger partial charge in [-0.25, -0.2) is 0 Å². The quantitative estimate of drug-likeness (QED) is 0.516. The van der Waals surface area contributed by atoms with Crippen molar-refractivity contribution in [2.24, 2.45) is 0 Å². The first kappa shape index (κ1) is 16.9. The van der Waals surface area contributed by atoms with Crippen LogP contribution in [0.4, 0.5) is 0 Å². The van der Waals surface area contributed by atoms with E-state index in [2.05, 4.69) is 51.1 Å². The van der Waals surface area contributed by atoms with E-state index in [1.54, 1.807) is 0 Å². The molecule has 0 nitrogen and oxygen atoms in total. The molecule has 0 spiro atoms. The molecule has 2 heteroatoms. The van der Waals surface area contributed by atoms with Gasteiger partial charge in [0, 0.05) is 8.95 Å². The standard InChI is InChI=1S/2C9H9Br/c1-7(2)8-3-5-9(10)6-4-8;1-7(2)8-4-3-5-9(10)6-8/h2*3-6H,1H2,2H3. The molecule has 0 radical (unpaired) electrons. The summed E-state index contributed by atoms with van der Waals surface area (Å²) in [6.07, 6.45) is 0. The topological polar surface area (TPSA) is 0 Å². The second-order valence-corrected chi connectivity index (χ2v) is 6.41. The van der Waals surface area contributed by atoms with Crippen molar-refractivity contribution >= 4 is 43.0 Å². The summed E-state index contributed by atoms with van der Waals surface area (Å²) in [6, 6.07) is 16.3. The number of halogens is 2.